The van der Waals surface area contributed by atoms with Crippen LogP contribution in [-0.4, -0.2) is 20.9 Å². The van der Waals surface area contributed by atoms with E-state index in [-0.39, 0.29) is 17.9 Å². The van der Waals surface area contributed by atoms with Gasteiger partial charge in [0.05, 0.1) is 4.90 Å². The summed E-state index contributed by atoms with van der Waals surface area (Å²) in [5.74, 6) is -0.846. The van der Waals surface area contributed by atoms with Gasteiger partial charge in [0.25, 0.3) is 0 Å². The van der Waals surface area contributed by atoms with Crippen LogP contribution in [0.3, 0.4) is 0 Å². The fourth-order valence-electron chi connectivity index (χ4n) is 1.91. The van der Waals surface area contributed by atoms with Crippen LogP contribution in [0.5, 0.6) is 0 Å². The van der Waals surface area contributed by atoms with Gasteiger partial charge in [0.15, 0.2) is 0 Å². The Labute approximate surface area is 144 Å². The summed E-state index contributed by atoms with van der Waals surface area (Å²) < 4.78 is 39.8. The Bertz CT molecular complexity index is 856. The topological polar surface area (TPSA) is 75.3 Å². The maximum atomic E-state index is 13.4. The molecule has 2 aromatic rings. The van der Waals surface area contributed by atoms with Crippen molar-refractivity contribution in [3.63, 3.8) is 0 Å². The number of hydrogen-bond acceptors (Lipinski definition) is 3. The zero-order valence-electron chi connectivity index (χ0n) is 12.8. The fraction of sp³-hybridized carbons (Fsp3) is 0.188. The summed E-state index contributed by atoms with van der Waals surface area (Å²) in [6.07, 6.45) is -0.0880. The third kappa shape index (κ3) is 5.02. The van der Waals surface area contributed by atoms with Gasteiger partial charge in [0.1, 0.15) is 5.82 Å². The quantitative estimate of drug-likeness (QED) is 0.820. The fourth-order valence-corrected chi connectivity index (χ4v) is 3.24. The molecule has 0 atom stereocenters. The van der Waals surface area contributed by atoms with Crippen LogP contribution >= 0.6 is 11.6 Å². The van der Waals surface area contributed by atoms with Gasteiger partial charge in [-0.05, 0) is 42.8 Å². The van der Waals surface area contributed by atoms with Crippen LogP contribution in [0.2, 0.25) is 5.02 Å². The average Bonchev–Trinajstić information content (AvgIpc) is 2.51. The van der Waals surface area contributed by atoms with E-state index >= 15 is 0 Å². The highest BCUT2D eigenvalue weighted by atomic mass is 35.5. The minimum atomic E-state index is -3.74. The maximum Gasteiger partial charge on any atom is 0.240 e. The number of hydrogen-bond donors (Lipinski definition) is 2. The van der Waals surface area contributed by atoms with Crippen LogP contribution in [0.25, 0.3) is 0 Å². The van der Waals surface area contributed by atoms with Crippen molar-refractivity contribution in [1.82, 2.24) is 4.72 Å². The summed E-state index contributed by atoms with van der Waals surface area (Å²) in [5.41, 5.74) is 0.795. The minimum absolute atomic E-state index is 0.0241. The monoisotopic (exact) mass is 370 g/mol. The number of nitrogens with one attached hydrogen (secondary N) is 2. The molecular weight excluding hydrogens is 355 g/mol. The standard InChI is InChI=1S/C16H16ClFN2O3S/c1-11-5-6-13(10-15(11)18)20-16(21)7-8-19-24(22,23)14-4-2-3-12(17)9-14/h2-6,9-10,19H,7-8H2,1H3,(H,20,21). The van der Waals surface area contributed by atoms with E-state index in [9.17, 15) is 17.6 Å². The lowest BCUT2D eigenvalue weighted by Gasteiger charge is -2.08. The molecule has 2 rings (SSSR count). The lowest BCUT2D eigenvalue weighted by Crippen LogP contribution is -2.27. The molecule has 0 aromatic heterocycles. The van der Waals surface area contributed by atoms with Crippen LogP contribution in [0.1, 0.15) is 12.0 Å². The molecule has 5 nitrogen and oxygen atoms in total. The number of rotatable bonds is 6. The smallest absolute Gasteiger partial charge is 0.240 e. The summed E-state index contributed by atoms with van der Waals surface area (Å²) in [6.45, 7) is 1.53. The molecule has 0 fully saturated rings. The third-order valence-corrected chi connectivity index (χ3v) is 4.90. The van der Waals surface area contributed by atoms with Crippen molar-refractivity contribution in [2.75, 3.05) is 11.9 Å². The van der Waals surface area contributed by atoms with E-state index in [4.69, 9.17) is 11.6 Å². The summed E-state index contributed by atoms with van der Waals surface area (Å²) in [5, 5.41) is 2.81. The minimum Gasteiger partial charge on any atom is -0.326 e. The average molecular weight is 371 g/mol. The number of carbonyl (C=O) groups is 1. The molecule has 8 heteroatoms. The van der Waals surface area contributed by atoms with Crippen molar-refractivity contribution < 1.29 is 17.6 Å². The summed E-state index contributed by atoms with van der Waals surface area (Å²) in [4.78, 5) is 11.8. The van der Waals surface area contributed by atoms with Crippen molar-refractivity contribution >= 4 is 33.2 Å². The molecule has 0 aliphatic carbocycles. The highest BCUT2D eigenvalue weighted by Crippen LogP contribution is 2.15. The Hall–Kier alpha value is -1.96. The number of halogens is 2. The Kier molecular flexibility index (Phi) is 5.93. The second kappa shape index (κ2) is 7.74. The first-order valence-electron chi connectivity index (χ1n) is 7.09. The number of amides is 1. The van der Waals surface area contributed by atoms with Gasteiger partial charge in [0, 0.05) is 23.7 Å². The Morgan fingerprint density at radius 2 is 1.96 bits per heavy atom. The molecule has 128 valence electrons. The Morgan fingerprint density at radius 1 is 1.21 bits per heavy atom. The maximum absolute atomic E-state index is 13.4. The highest BCUT2D eigenvalue weighted by molar-refractivity contribution is 7.89. The van der Waals surface area contributed by atoms with Gasteiger partial charge in [-0.1, -0.05) is 23.7 Å². The van der Waals surface area contributed by atoms with Gasteiger partial charge in [-0.25, -0.2) is 17.5 Å². The van der Waals surface area contributed by atoms with E-state index in [1.54, 1.807) is 25.1 Å². The second-order valence-electron chi connectivity index (χ2n) is 5.12. The summed E-state index contributed by atoms with van der Waals surface area (Å²) in [6, 6.07) is 10.1. The van der Waals surface area contributed by atoms with Crippen molar-refractivity contribution in [3.8, 4) is 0 Å². The number of aryl methyl sites for hydroxylation is 1. The molecule has 24 heavy (non-hydrogen) atoms. The molecule has 0 aliphatic heterocycles. The van der Waals surface area contributed by atoms with Crippen LogP contribution in [0.15, 0.2) is 47.4 Å². The highest BCUT2D eigenvalue weighted by Gasteiger charge is 2.14. The molecule has 2 N–H and O–H groups in total. The van der Waals surface area contributed by atoms with Gasteiger partial charge in [-0.3, -0.25) is 4.79 Å². The Balaban J connectivity index is 1.89. The number of anilines is 1. The van der Waals surface area contributed by atoms with Crippen molar-refractivity contribution in [2.45, 2.75) is 18.2 Å². The molecule has 0 saturated heterocycles. The van der Waals surface area contributed by atoms with Crippen LogP contribution in [0.4, 0.5) is 10.1 Å². The molecule has 0 unspecified atom stereocenters. The van der Waals surface area contributed by atoms with Gasteiger partial charge in [0.2, 0.25) is 15.9 Å². The van der Waals surface area contributed by atoms with E-state index in [1.807, 2.05) is 0 Å². The summed E-state index contributed by atoms with van der Waals surface area (Å²) in [7, 11) is -3.74. The summed E-state index contributed by atoms with van der Waals surface area (Å²) >= 11 is 5.76. The lowest BCUT2D eigenvalue weighted by atomic mass is 10.2. The first kappa shape index (κ1) is 18.4. The molecule has 0 spiro atoms. The molecule has 2 aromatic carbocycles. The van der Waals surface area contributed by atoms with E-state index in [0.29, 0.717) is 16.3 Å². The predicted molar refractivity (Wildman–Crippen MR) is 91.0 cm³/mol. The van der Waals surface area contributed by atoms with Crippen LogP contribution in [0, 0.1) is 12.7 Å². The molecule has 0 heterocycles. The van der Waals surface area contributed by atoms with E-state index in [2.05, 4.69) is 10.0 Å². The lowest BCUT2D eigenvalue weighted by molar-refractivity contribution is -0.116. The Morgan fingerprint density at radius 3 is 2.62 bits per heavy atom. The second-order valence-corrected chi connectivity index (χ2v) is 7.32. The largest absolute Gasteiger partial charge is 0.326 e. The van der Waals surface area contributed by atoms with Crippen molar-refractivity contribution in [2.24, 2.45) is 0 Å². The van der Waals surface area contributed by atoms with Crippen LogP contribution in [-0.2, 0) is 14.8 Å². The molecule has 0 radical (unpaired) electrons. The SMILES string of the molecule is Cc1ccc(NC(=O)CCNS(=O)(=O)c2cccc(Cl)c2)cc1F. The molecule has 0 saturated carbocycles. The first-order valence-corrected chi connectivity index (χ1v) is 8.95. The van der Waals surface area contributed by atoms with E-state index in [0.717, 1.165) is 0 Å². The van der Waals surface area contributed by atoms with Gasteiger partial charge >= 0.3 is 0 Å². The number of carbonyl (C=O) groups excluding carboxylic acids is 1. The van der Waals surface area contributed by atoms with Crippen molar-refractivity contribution in [3.05, 3.63) is 58.9 Å². The normalized spacial score (nSPS) is 11.3. The van der Waals surface area contributed by atoms with E-state index in [1.165, 1.54) is 24.3 Å². The van der Waals surface area contributed by atoms with Gasteiger partial charge in [-0.15, -0.1) is 0 Å². The molecule has 0 aliphatic rings. The number of benzene rings is 2. The van der Waals surface area contributed by atoms with Crippen molar-refractivity contribution in [1.29, 1.82) is 0 Å². The van der Waals surface area contributed by atoms with Crippen LogP contribution < -0.4 is 10.0 Å². The third-order valence-electron chi connectivity index (χ3n) is 3.21. The van der Waals surface area contributed by atoms with Gasteiger partial charge < -0.3 is 5.32 Å². The molecule has 0 bridgehead atoms. The van der Waals surface area contributed by atoms with Gasteiger partial charge in [-0.2, -0.15) is 0 Å². The van der Waals surface area contributed by atoms with E-state index < -0.39 is 21.7 Å². The predicted octanol–water partition coefficient (Wildman–Crippen LogP) is 3.09. The zero-order chi connectivity index (χ0) is 17.7. The first-order chi connectivity index (χ1) is 11.3. The molecular formula is C16H16ClFN2O3S. The molecule has 1 amide bonds. The zero-order valence-corrected chi connectivity index (χ0v) is 14.4. The number of sulfonamides is 1.